The number of rotatable bonds is 5. The molecule has 1 heterocycles. The monoisotopic (exact) mass is 496 g/mol. The summed E-state index contributed by atoms with van der Waals surface area (Å²) in [4.78, 5) is 13.7. The molecular formula is C30H41FN2O3. The summed E-state index contributed by atoms with van der Waals surface area (Å²) in [5.74, 6) is 2.44. The molecule has 4 aliphatic carbocycles. The van der Waals surface area contributed by atoms with Crippen LogP contribution in [0, 0.1) is 46.2 Å². The average Bonchev–Trinajstić information content (AvgIpc) is 3.39. The Labute approximate surface area is 213 Å². The molecule has 0 amide bonds. The molecule has 1 N–H and O–H groups in total. The first kappa shape index (κ1) is 24.5. The van der Waals surface area contributed by atoms with Crippen molar-refractivity contribution in [3.63, 3.8) is 0 Å². The predicted octanol–water partition coefficient (Wildman–Crippen LogP) is 5.78. The normalized spacial score (nSPS) is 42.1. The van der Waals surface area contributed by atoms with Crippen molar-refractivity contribution in [1.29, 1.82) is 0 Å². The summed E-state index contributed by atoms with van der Waals surface area (Å²) in [6, 6.07) is 4.65. The van der Waals surface area contributed by atoms with Crippen molar-refractivity contribution in [3.8, 4) is 0 Å². The van der Waals surface area contributed by atoms with Crippen LogP contribution in [0.15, 0.2) is 24.4 Å². The lowest BCUT2D eigenvalue weighted by molar-refractivity contribution is -0.175. The first-order chi connectivity index (χ1) is 17.2. The zero-order valence-corrected chi connectivity index (χ0v) is 22.0. The molecule has 196 valence electrons. The van der Waals surface area contributed by atoms with E-state index in [2.05, 4.69) is 12.0 Å². The minimum atomic E-state index is -0.550. The number of benzene rings is 1. The molecule has 1 aromatic carbocycles. The third-order valence-corrected chi connectivity index (χ3v) is 11.4. The second-order valence-electron chi connectivity index (χ2n) is 13.2. The zero-order valence-electron chi connectivity index (χ0n) is 22.0. The second-order valence-corrected chi connectivity index (χ2v) is 13.2. The molecule has 0 spiro atoms. The van der Waals surface area contributed by atoms with Gasteiger partial charge in [-0.25, -0.2) is 4.39 Å². The Morgan fingerprint density at radius 2 is 1.97 bits per heavy atom. The van der Waals surface area contributed by atoms with Crippen molar-refractivity contribution in [1.82, 2.24) is 9.78 Å². The maximum Gasteiger partial charge on any atom is 0.157 e. The first-order valence-electron chi connectivity index (χ1n) is 14.0. The number of Topliss-reactive ketones (excluding diaryl/α,β-unsaturated/α-hetero) is 1. The minimum absolute atomic E-state index is 0.0363. The fraction of sp³-hybridized carbons (Fsp3) is 0.733. The van der Waals surface area contributed by atoms with Crippen molar-refractivity contribution in [2.45, 2.75) is 83.8 Å². The third-order valence-electron chi connectivity index (χ3n) is 11.4. The number of ether oxygens (including phenoxy) is 1. The maximum absolute atomic E-state index is 13.7. The number of carbonyl (C=O) groups excluding carboxylic acids is 1. The minimum Gasteiger partial charge on any atom is -0.390 e. The van der Waals surface area contributed by atoms with Crippen molar-refractivity contribution < 1.29 is 19.0 Å². The summed E-state index contributed by atoms with van der Waals surface area (Å²) in [7, 11) is 1.84. The Morgan fingerprint density at radius 3 is 2.78 bits per heavy atom. The highest BCUT2D eigenvalue weighted by Crippen LogP contribution is 2.68. The summed E-state index contributed by atoms with van der Waals surface area (Å²) in [5.41, 5.74) is 0.480. The molecule has 4 saturated carbocycles. The predicted molar refractivity (Wildman–Crippen MR) is 137 cm³/mol. The van der Waals surface area contributed by atoms with Gasteiger partial charge in [-0.1, -0.05) is 6.92 Å². The fourth-order valence-electron chi connectivity index (χ4n) is 9.75. The number of nitrogens with zero attached hydrogens (tertiary/aromatic N) is 2. The summed E-state index contributed by atoms with van der Waals surface area (Å²) in [5, 5.41) is 16.0. The van der Waals surface area contributed by atoms with Gasteiger partial charge in [0.1, 0.15) is 12.4 Å². The molecule has 0 bridgehead atoms. The van der Waals surface area contributed by atoms with E-state index in [9.17, 15) is 14.3 Å². The van der Waals surface area contributed by atoms with E-state index in [0.717, 1.165) is 62.5 Å². The Bertz CT molecular complexity index is 1160. The molecule has 6 heteroatoms. The van der Waals surface area contributed by atoms with Gasteiger partial charge in [0, 0.05) is 18.4 Å². The van der Waals surface area contributed by atoms with Crippen LogP contribution >= 0.6 is 0 Å². The Kier molecular flexibility index (Phi) is 5.88. The van der Waals surface area contributed by atoms with Crippen LogP contribution in [0.3, 0.4) is 0 Å². The van der Waals surface area contributed by atoms with E-state index < -0.39 is 5.60 Å². The SMILES string of the molecule is COC[C@]12CC[C@@](C)(O)C[C@@H]1CC[C@H]1[C@@H]3CC[C@H](C(=O)Cn4ncc5cc(F)ccc54)C3(C)CC[C@@H]12. The summed E-state index contributed by atoms with van der Waals surface area (Å²) in [6.07, 6.45) is 11.2. The van der Waals surface area contributed by atoms with Crippen LogP contribution in [0.5, 0.6) is 0 Å². The van der Waals surface area contributed by atoms with E-state index in [1.165, 1.54) is 25.0 Å². The molecule has 6 rings (SSSR count). The molecule has 4 fully saturated rings. The van der Waals surface area contributed by atoms with E-state index >= 15 is 0 Å². The van der Waals surface area contributed by atoms with Gasteiger partial charge in [0.2, 0.25) is 0 Å². The summed E-state index contributed by atoms with van der Waals surface area (Å²) in [6.45, 7) is 5.47. The van der Waals surface area contributed by atoms with Crippen molar-refractivity contribution in [2.75, 3.05) is 13.7 Å². The Morgan fingerprint density at radius 1 is 1.14 bits per heavy atom. The van der Waals surface area contributed by atoms with E-state index in [1.54, 1.807) is 16.9 Å². The van der Waals surface area contributed by atoms with Gasteiger partial charge in [-0.2, -0.15) is 5.10 Å². The van der Waals surface area contributed by atoms with Gasteiger partial charge in [-0.3, -0.25) is 9.48 Å². The topological polar surface area (TPSA) is 64.3 Å². The largest absolute Gasteiger partial charge is 0.390 e. The molecule has 8 atom stereocenters. The van der Waals surface area contributed by atoms with Gasteiger partial charge in [0.15, 0.2) is 5.78 Å². The second kappa shape index (κ2) is 8.62. The fourth-order valence-corrected chi connectivity index (χ4v) is 9.75. The number of carbonyl (C=O) groups is 1. The molecule has 5 nitrogen and oxygen atoms in total. The van der Waals surface area contributed by atoms with Gasteiger partial charge in [0.25, 0.3) is 0 Å². The summed E-state index contributed by atoms with van der Waals surface area (Å²) < 4.78 is 21.3. The molecule has 2 aromatic rings. The number of fused-ring (bicyclic) bond motifs is 6. The lowest BCUT2D eigenvalue weighted by atomic mass is 9.43. The number of aliphatic hydroxyl groups is 1. The molecular weight excluding hydrogens is 455 g/mol. The van der Waals surface area contributed by atoms with Crippen LogP contribution in [0.2, 0.25) is 0 Å². The van der Waals surface area contributed by atoms with E-state index in [4.69, 9.17) is 4.74 Å². The highest BCUT2D eigenvalue weighted by atomic mass is 19.1. The van der Waals surface area contributed by atoms with Gasteiger partial charge in [0.05, 0.1) is 23.9 Å². The highest BCUT2D eigenvalue weighted by molar-refractivity contribution is 5.85. The molecule has 36 heavy (non-hydrogen) atoms. The van der Waals surface area contributed by atoms with Gasteiger partial charge < -0.3 is 9.84 Å². The molecule has 0 radical (unpaired) electrons. The first-order valence-corrected chi connectivity index (χ1v) is 14.0. The Hall–Kier alpha value is -1.79. The van der Waals surface area contributed by atoms with Crippen LogP contribution in [0.1, 0.15) is 71.6 Å². The molecule has 0 saturated heterocycles. The number of methoxy groups -OCH3 is 1. The van der Waals surface area contributed by atoms with Crippen LogP contribution in [0.25, 0.3) is 10.9 Å². The van der Waals surface area contributed by atoms with Crippen LogP contribution in [-0.2, 0) is 16.1 Å². The van der Waals surface area contributed by atoms with Gasteiger partial charge >= 0.3 is 0 Å². The van der Waals surface area contributed by atoms with Crippen molar-refractivity contribution in [2.24, 2.45) is 40.4 Å². The quantitative estimate of drug-likeness (QED) is 0.570. The molecule has 1 unspecified atom stereocenters. The maximum atomic E-state index is 13.7. The van der Waals surface area contributed by atoms with Gasteiger partial charge in [-0.15, -0.1) is 0 Å². The number of hydrogen-bond acceptors (Lipinski definition) is 4. The molecule has 1 aromatic heterocycles. The van der Waals surface area contributed by atoms with Crippen LogP contribution in [-0.4, -0.2) is 40.0 Å². The average molecular weight is 497 g/mol. The highest BCUT2D eigenvalue weighted by Gasteiger charge is 2.63. The molecule has 4 aliphatic rings. The van der Waals surface area contributed by atoms with E-state index in [1.807, 2.05) is 14.0 Å². The van der Waals surface area contributed by atoms with Gasteiger partial charge in [-0.05, 0) is 117 Å². The number of halogens is 1. The van der Waals surface area contributed by atoms with E-state index in [0.29, 0.717) is 23.7 Å². The van der Waals surface area contributed by atoms with E-state index in [-0.39, 0.29) is 34.9 Å². The summed E-state index contributed by atoms with van der Waals surface area (Å²) >= 11 is 0. The number of aromatic nitrogens is 2. The lowest BCUT2D eigenvalue weighted by Gasteiger charge is -2.62. The smallest absolute Gasteiger partial charge is 0.157 e. The lowest BCUT2D eigenvalue weighted by Crippen LogP contribution is -2.58. The standard InChI is InChI=1S/C30H41FN2O3/c1-28(35)12-13-30(18-36-3)20(15-28)4-6-22-23-7-8-25(29(23,2)11-10-24(22)30)27(34)17-33-26-9-5-21(31)14-19(26)16-32-33/h5,9,14,16,20,22-25,35H,4,6-8,10-13,15,17-18H2,1-3H3/t20-,22-,23-,24-,25+,28+,29?,30+/m0/s1. The van der Waals surface area contributed by atoms with Crippen LogP contribution < -0.4 is 0 Å². The molecule has 0 aliphatic heterocycles. The van der Waals surface area contributed by atoms with Crippen molar-refractivity contribution in [3.05, 3.63) is 30.2 Å². The van der Waals surface area contributed by atoms with Crippen molar-refractivity contribution >= 4 is 16.7 Å². The zero-order chi connectivity index (χ0) is 25.3. The van der Waals surface area contributed by atoms with Crippen LogP contribution in [0.4, 0.5) is 4.39 Å². The third kappa shape index (κ3) is 3.69. The number of hydrogen-bond donors (Lipinski definition) is 1. The Balaban J connectivity index is 1.23. The number of ketones is 1.